The number of nitrogens with one attached hydrogen (secondary N) is 1. The van der Waals surface area contributed by atoms with Gasteiger partial charge < -0.3 is 20.7 Å². The second-order valence-electron chi connectivity index (χ2n) is 6.24. The van der Waals surface area contributed by atoms with E-state index in [1.807, 2.05) is 32.0 Å². The van der Waals surface area contributed by atoms with Gasteiger partial charge in [-0.15, -0.1) is 0 Å². The molecule has 0 atom stereocenters. The van der Waals surface area contributed by atoms with Gasteiger partial charge in [-0.2, -0.15) is 0 Å². The molecular formula is C20H23N3O4. The van der Waals surface area contributed by atoms with Crippen molar-refractivity contribution in [2.45, 2.75) is 13.8 Å². The number of ether oxygens (including phenoxy) is 1. The fraction of sp³-hybridized carbons (Fsp3) is 0.250. The lowest BCUT2D eigenvalue weighted by Gasteiger charge is -2.18. The molecule has 0 aromatic heterocycles. The van der Waals surface area contributed by atoms with Gasteiger partial charge in [-0.25, -0.2) is 0 Å². The molecular weight excluding hydrogens is 346 g/mol. The van der Waals surface area contributed by atoms with Crippen molar-refractivity contribution in [1.29, 1.82) is 0 Å². The Kier molecular flexibility index (Phi) is 6.54. The first kappa shape index (κ1) is 20.0. The van der Waals surface area contributed by atoms with Gasteiger partial charge in [0.1, 0.15) is 5.75 Å². The standard InChI is InChI=1S/C20H23N3O4/c1-13-5-4-6-17(14(13)2)22-19(25)11-23(3)20(26)15-7-9-16(10-8-15)27-12-18(21)24/h4-10H,11-12H2,1-3H3,(H2,21,24)(H,22,25). The number of nitrogens with two attached hydrogens (primary N) is 1. The van der Waals surface area contributed by atoms with Gasteiger partial charge in [0, 0.05) is 18.3 Å². The number of rotatable bonds is 7. The summed E-state index contributed by atoms with van der Waals surface area (Å²) in [7, 11) is 1.56. The highest BCUT2D eigenvalue weighted by Crippen LogP contribution is 2.18. The summed E-state index contributed by atoms with van der Waals surface area (Å²) in [4.78, 5) is 36.8. The Balaban J connectivity index is 1.95. The Bertz CT molecular complexity index is 847. The van der Waals surface area contributed by atoms with Crippen molar-refractivity contribution in [2.24, 2.45) is 5.73 Å². The predicted octanol–water partition coefficient (Wildman–Crippen LogP) is 1.88. The summed E-state index contributed by atoms with van der Waals surface area (Å²) >= 11 is 0. The first-order valence-corrected chi connectivity index (χ1v) is 8.40. The van der Waals surface area contributed by atoms with Gasteiger partial charge in [-0.3, -0.25) is 14.4 Å². The van der Waals surface area contributed by atoms with E-state index in [0.717, 1.165) is 16.8 Å². The number of anilines is 1. The SMILES string of the molecule is Cc1cccc(NC(=O)CN(C)C(=O)c2ccc(OCC(N)=O)cc2)c1C. The number of amides is 3. The summed E-state index contributed by atoms with van der Waals surface area (Å²) < 4.78 is 5.15. The maximum absolute atomic E-state index is 12.5. The number of hydrogen-bond donors (Lipinski definition) is 2. The van der Waals surface area contributed by atoms with Crippen LogP contribution in [0.2, 0.25) is 0 Å². The van der Waals surface area contributed by atoms with Crippen molar-refractivity contribution in [3.05, 3.63) is 59.2 Å². The van der Waals surface area contributed by atoms with Gasteiger partial charge in [0.2, 0.25) is 5.91 Å². The normalized spacial score (nSPS) is 10.2. The number of benzene rings is 2. The summed E-state index contributed by atoms with van der Waals surface area (Å²) in [6.45, 7) is 3.59. The minimum absolute atomic E-state index is 0.0772. The van der Waals surface area contributed by atoms with E-state index in [9.17, 15) is 14.4 Å². The molecule has 2 aromatic rings. The number of primary amides is 1. The van der Waals surface area contributed by atoms with Crippen molar-refractivity contribution in [3.8, 4) is 5.75 Å². The molecule has 0 heterocycles. The van der Waals surface area contributed by atoms with Crippen LogP contribution in [0.4, 0.5) is 5.69 Å². The second kappa shape index (κ2) is 8.84. The molecule has 7 nitrogen and oxygen atoms in total. The average Bonchev–Trinajstić information content (AvgIpc) is 2.63. The number of carbonyl (C=O) groups is 3. The molecule has 2 aromatic carbocycles. The second-order valence-corrected chi connectivity index (χ2v) is 6.24. The third kappa shape index (κ3) is 5.57. The van der Waals surface area contributed by atoms with Gasteiger partial charge >= 0.3 is 0 Å². The molecule has 7 heteroatoms. The Morgan fingerprint density at radius 3 is 2.37 bits per heavy atom. The molecule has 2 rings (SSSR count). The number of likely N-dealkylation sites (N-methyl/N-ethyl adjacent to an activating group) is 1. The Hall–Kier alpha value is -3.35. The molecule has 0 saturated heterocycles. The minimum Gasteiger partial charge on any atom is -0.484 e. The lowest BCUT2D eigenvalue weighted by Crippen LogP contribution is -2.35. The van der Waals surface area contributed by atoms with Gasteiger partial charge in [0.15, 0.2) is 6.61 Å². The zero-order valence-corrected chi connectivity index (χ0v) is 15.6. The summed E-state index contributed by atoms with van der Waals surface area (Å²) in [5.41, 5.74) is 8.23. The molecule has 0 unspecified atom stereocenters. The van der Waals surface area contributed by atoms with Gasteiger partial charge in [0.25, 0.3) is 11.8 Å². The number of carbonyl (C=O) groups excluding carboxylic acids is 3. The smallest absolute Gasteiger partial charge is 0.255 e. The molecule has 0 aliphatic rings. The molecule has 0 fully saturated rings. The summed E-state index contributed by atoms with van der Waals surface area (Å²) in [6.07, 6.45) is 0. The molecule has 0 radical (unpaired) electrons. The maximum atomic E-state index is 12.5. The number of aryl methyl sites for hydroxylation is 1. The summed E-state index contributed by atoms with van der Waals surface area (Å²) in [6, 6.07) is 11.9. The number of hydrogen-bond acceptors (Lipinski definition) is 4. The van der Waals surface area contributed by atoms with Crippen LogP contribution in [0.5, 0.6) is 5.75 Å². The van der Waals surface area contributed by atoms with Crippen LogP contribution in [-0.2, 0) is 9.59 Å². The summed E-state index contributed by atoms with van der Waals surface area (Å²) in [5.74, 6) is -0.723. The van der Waals surface area contributed by atoms with Crippen molar-refractivity contribution in [2.75, 3.05) is 25.5 Å². The van der Waals surface area contributed by atoms with E-state index in [1.165, 1.54) is 4.90 Å². The molecule has 0 spiro atoms. The first-order chi connectivity index (χ1) is 12.8. The lowest BCUT2D eigenvalue weighted by atomic mass is 10.1. The minimum atomic E-state index is -0.579. The van der Waals surface area contributed by atoms with Crippen molar-refractivity contribution >= 4 is 23.4 Å². The fourth-order valence-electron chi connectivity index (χ4n) is 2.43. The monoisotopic (exact) mass is 369 g/mol. The zero-order chi connectivity index (χ0) is 20.0. The maximum Gasteiger partial charge on any atom is 0.255 e. The van der Waals surface area contributed by atoms with Crippen LogP contribution < -0.4 is 15.8 Å². The van der Waals surface area contributed by atoms with Gasteiger partial charge in [0.05, 0.1) is 6.54 Å². The quantitative estimate of drug-likeness (QED) is 0.778. The van der Waals surface area contributed by atoms with Crippen LogP contribution >= 0.6 is 0 Å². The highest BCUT2D eigenvalue weighted by Gasteiger charge is 2.16. The van der Waals surface area contributed by atoms with E-state index < -0.39 is 5.91 Å². The third-order valence-corrected chi connectivity index (χ3v) is 4.09. The van der Waals surface area contributed by atoms with E-state index >= 15 is 0 Å². The topological polar surface area (TPSA) is 102 Å². The molecule has 0 aliphatic heterocycles. The van der Waals surface area contributed by atoms with E-state index in [-0.39, 0.29) is 25.0 Å². The Labute approximate surface area is 158 Å². The zero-order valence-electron chi connectivity index (χ0n) is 15.6. The van der Waals surface area contributed by atoms with Crippen LogP contribution in [0.25, 0.3) is 0 Å². The average molecular weight is 369 g/mol. The molecule has 0 saturated carbocycles. The lowest BCUT2D eigenvalue weighted by molar-refractivity contribution is -0.120. The summed E-state index contributed by atoms with van der Waals surface area (Å²) in [5, 5.41) is 2.83. The molecule has 27 heavy (non-hydrogen) atoms. The van der Waals surface area contributed by atoms with Crippen LogP contribution in [-0.4, -0.2) is 42.8 Å². The molecule has 0 bridgehead atoms. The molecule has 142 valence electrons. The molecule has 3 N–H and O–H groups in total. The Morgan fingerprint density at radius 1 is 1.07 bits per heavy atom. The van der Waals surface area contributed by atoms with Crippen molar-refractivity contribution < 1.29 is 19.1 Å². The predicted molar refractivity (Wildman–Crippen MR) is 103 cm³/mol. The van der Waals surface area contributed by atoms with Gasteiger partial charge in [-0.1, -0.05) is 12.1 Å². The largest absolute Gasteiger partial charge is 0.484 e. The van der Waals surface area contributed by atoms with Gasteiger partial charge in [-0.05, 0) is 55.3 Å². The Morgan fingerprint density at radius 2 is 1.74 bits per heavy atom. The highest BCUT2D eigenvalue weighted by atomic mass is 16.5. The van der Waals surface area contributed by atoms with Crippen LogP contribution in [0, 0.1) is 13.8 Å². The first-order valence-electron chi connectivity index (χ1n) is 8.40. The van der Waals surface area contributed by atoms with E-state index in [1.54, 1.807) is 31.3 Å². The van der Waals surface area contributed by atoms with Crippen LogP contribution in [0.1, 0.15) is 21.5 Å². The van der Waals surface area contributed by atoms with Crippen molar-refractivity contribution in [3.63, 3.8) is 0 Å². The van der Waals surface area contributed by atoms with Crippen LogP contribution in [0.3, 0.4) is 0 Å². The van der Waals surface area contributed by atoms with Crippen LogP contribution in [0.15, 0.2) is 42.5 Å². The molecule has 3 amide bonds. The van der Waals surface area contributed by atoms with E-state index in [0.29, 0.717) is 11.3 Å². The molecule has 0 aliphatic carbocycles. The third-order valence-electron chi connectivity index (χ3n) is 4.09. The van der Waals surface area contributed by atoms with E-state index in [4.69, 9.17) is 10.5 Å². The van der Waals surface area contributed by atoms with E-state index in [2.05, 4.69) is 5.32 Å². The highest BCUT2D eigenvalue weighted by molar-refractivity contribution is 5.99. The number of nitrogens with zero attached hydrogens (tertiary/aromatic N) is 1. The van der Waals surface area contributed by atoms with Crippen molar-refractivity contribution in [1.82, 2.24) is 4.90 Å². The fourth-order valence-corrected chi connectivity index (χ4v) is 2.43.